The molecule has 4 nitrogen and oxygen atoms in total. The fourth-order valence-electron chi connectivity index (χ4n) is 3.46. The van der Waals surface area contributed by atoms with Gasteiger partial charge in [-0.2, -0.15) is 5.26 Å². The van der Waals surface area contributed by atoms with Crippen LogP contribution < -0.4 is 0 Å². The highest BCUT2D eigenvalue weighted by molar-refractivity contribution is 6.27. The quantitative estimate of drug-likeness (QED) is 0.624. The third kappa shape index (κ3) is 2.82. The zero-order chi connectivity index (χ0) is 16.5. The molecule has 1 amide bonds. The Labute approximate surface area is 141 Å². The Hall–Kier alpha value is -1.99. The lowest BCUT2D eigenvalue weighted by Gasteiger charge is -2.53. The van der Waals surface area contributed by atoms with E-state index < -0.39 is 17.0 Å². The second kappa shape index (κ2) is 5.90. The predicted octanol–water partition coefficient (Wildman–Crippen LogP) is 3.86. The number of nitriles is 1. The highest BCUT2D eigenvalue weighted by atomic mass is 35.5. The number of benzene rings is 1. The summed E-state index contributed by atoms with van der Waals surface area (Å²) in [7, 11) is 0. The number of alkyl halides is 1. The summed E-state index contributed by atoms with van der Waals surface area (Å²) in [6, 6.07) is 11.3. The van der Waals surface area contributed by atoms with Crippen LogP contribution in [-0.2, 0) is 11.3 Å². The third-order valence-corrected chi connectivity index (χ3v) is 5.30. The minimum Gasteiger partial charge on any atom is -0.445 e. The van der Waals surface area contributed by atoms with Crippen LogP contribution in [0.3, 0.4) is 0 Å². The van der Waals surface area contributed by atoms with Gasteiger partial charge in [0.1, 0.15) is 6.61 Å². The first-order valence-corrected chi connectivity index (χ1v) is 8.17. The van der Waals surface area contributed by atoms with Crippen molar-refractivity contribution in [3.63, 3.8) is 0 Å². The molecular formula is C18H19ClN2O2. The molecule has 3 aliphatic rings. The third-order valence-electron chi connectivity index (χ3n) is 4.86. The highest BCUT2D eigenvalue weighted by Gasteiger charge is 2.56. The lowest BCUT2D eigenvalue weighted by molar-refractivity contribution is 0.0311. The first-order chi connectivity index (χ1) is 11.0. The minimum absolute atomic E-state index is 0.216. The first-order valence-electron chi connectivity index (χ1n) is 7.79. The predicted molar refractivity (Wildman–Crippen MR) is 87.8 cm³/mol. The van der Waals surface area contributed by atoms with Crippen molar-refractivity contribution in [2.75, 3.05) is 6.54 Å². The van der Waals surface area contributed by atoms with Crippen molar-refractivity contribution in [1.82, 2.24) is 4.90 Å². The maximum atomic E-state index is 12.5. The molecule has 23 heavy (non-hydrogen) atoms. The van der Waals surface area contributed by atoms with Crippen molar-refractivity contribution in [1.29, 1.82) is 5.26 Å². The summed E-state index contributed by atoms with van der Waals surface area (Å²) in [5.74, 6) is 0. The Kier molecular flexibility index (Phi) is 4.08. The fraction of sp³-hybridized carbons (Fsp3) is 0.444. The number of amides is 1. The zero-order valence-electron chi connectivity index (χ0n) is 13.0. The van der Waals surface area contributed by atoms with Gasteiger partial charge in [0.2, 0.25) is 0 Å². The number of rotatable bonds is 3. The smallest absolute Gasteiger partial charge is 0.410 e. The van der Waals surface area contributed by atoms with E-state index in [4.69, 9.17) is 16.3 Å². The van der Waals surface area contributed by atoms with E-state index in [2.05, 4.69) is 19.1 Å². The van der Waals surface area contributed by atoms with Gasteiger partial charge in [0.15, 0.2) is 4.87 Å². The summed E-state index contributed by atoms with van der Waals surface area (Å²) in [5.41, 5.74) is 0.694. The van der Waals surface area contributed by atoms with Crippen molar-refractivity contribution in [2.45, 2.75) is 37.3 Å². The van der Waals surface area contributed by atoms with Crippen molar-refractivity contribution in [3.8, 4) is 6.07 Å². The van der Waals surface area contributed by atoms with Gasteiger partial charge >= 0.3 is 6.09 Å². The Morgan fingerprint density at radius 3 is 2.87 bits per heavy atom. The molecule has 0 spiro atoms. The zero-order valence-corrected chi connectivity index (χ0v) is 13.8. The number of fused-ring (bicyclic) bond motifs is 2. The van der Waals surface area contributed by atoms with Crippen LogP contribution in [0.4, 0.5) is 4.79 Å². The second-order valence-electron chi connectivity index (χ2n) is 6.34. The van der Waals surface area contributed by atoms with E-state index in [-0.39, 0.29) is 12.0 Å². The molecule has 0 aromatic heterocycles. The Balaban J connectivity index is 1.76. The maximum Gasteiger partial charge on any atom is 0.410 e. The molecule has 2 aliphatic heterocycles. The number of nitrogens with zero attached hydrogens (tertiary/aromatic N) is 2. The van der Waals surface area contributed by atoms with Crippen LogP contribution in [0.5, 0.6) is 0 Å². The maximum absolute atomic E-state index is 12.5. The number of carbonyl (C=O) groups excluding carboxylic acids is 1. The van der Waals surface area contributed by atoms with Gasteiger partial charge in [-0.25, -0.2) is 4.79 Å². The number of piperidine rings is 1. The normalized spacial score (nSPS) is 31.7. The van der Waals surface area contributed by atoms with Crippen LogP contribution >= 0.6 is 11.6 Å². The summed E-state index contributed by atoms with van der Waals surface area (Å²) in [4.78, 5) is 13.1. The Morgan fingerprint density at radius 1 is 1.48 bits per heavy atom. The molecule has 0 N–H and O–H groups in total. The molecule has 2 heterocycles. The summed E-state index contributed by atoms with van der Waals surface area (Å²) in [6.45, 7) is 2.82. The fourth-order valence-corrected chi connectivity index (χ4v) is 3.92. The molecule has 1 aromatic rings. The minimum atomic E-state index is -1.07. The number of halogens is 1. The second-order valence-corrected chi connectivity index (χ2v) is 7.01. The Bertz CT molecular complexity index is 669. The molecule has 0 radical (unpaired) electrons. The van der Waals surface area contributed by atoms with E-state index in [0.717, 1.165) is 12.0 Å². The lowest BCUT2D eigenvalue weighted by atomic mass is 9.66. The molecule has 3 unspecified atom stereocenters. The van der Waals surface area contributed by atoms with Crippen molar-refractivity contribution < 1.29 is 9.53 Å². The van der Waals surface area contributed by atoms with E-state index in [1.807, 2.05) is 36.4 Å². The van der Waals surface area contributed by atoms with Gasteiger partial charge in [-0.3, -0.25) is 4.90 Å². The van der Waals surface area contributed by atoms with E-state index in [1.165, 1.54) is 0 Å². The number of carbonyl (C=O) groups is 1. The van der Waals surface area contributed by atoms with Crippen molar-refractivity contribution in [2.24, 2.45) is 5.41 Å². The van der Waals surface area contributed by atoms with Crippen LogP contribution in [-0.4, -0.2) is 28.5 Å². The SMILES string of the molecule is CCC12C=CC(N(C(=O)OCc3ccccc3)C1)C(Cl)(C#N)C2. The van der Waals surface area contributed by atoms with E-state index in [0.29, 0.717) is 13.0 Å². The topological polar surface area (TPSA) is 53.3 Å². The summed E-state index contributed by atoms with van der Waals surface area (Å²) >= 11 is 6.52. The average Bonchev–Trinajstić information content (AvgIpc) is 2.60. The first kappa shape index (κ1) is 15.9. The largest absolute Gasteiger partial charge is 0.445 e. The van der Waals surface area contributed by atoms with Crippen molar-refractivity contribution >= 4 is 17.7 Å². The van der Waals surface area contributed by atoms with Gasteiger partial charge in [0.25, 0.3) is 0 Å². The summed E-state index contributed by atoms with van der Waals surface area (Å²) < 4.78 is 5.43. The van der Waals surface area contributed by atoms with Crippen LogP contribution in [0.1, 0.15) is 25.3 Å². The van der Waals surface area contributed by atoms with E-state index >= 15 is 0 Å². The summed E-state index contributed by atoms with van der Waals surface area (Å²) in [6.07, 6.45) is 4.97. The molecule has 2 bridgehead atoms. The van der Waals surface area contributed by atoms with Crippen LogP contribution in [0.2, 0.25) is 0 Å². The Morgan fingerprint density at radius 2 is 2.22 bits per heavy atom. The van der Waals surface area contributed by atoms with Gasteiger partial charge < -0.3 is 4.74 Å². The van der Waals surface area contributed by atoms with Gasteiger partial charge in [-0.1, -0.05) is 49.4 Å². The molecule has 4 rings (SSSR count). The van der Waals surface area contributed by atoms with Gasteiger partial charge in [-0.15, -0.1) is 11.6 Å². The molecule has 1 fully saturated rings. The molecule has 1 aliphatic carbocycles. The average molecular weight is 331 g/mol. The van der Waals surface area contributed by atoms with Crippen molar-refractivity contribution in [3.05, 3.63) is 48.0 Å². The molecule has 3 atom stereocenters. The molecule has 120 valence electrons. The van der Waals surface area contributed by atoms with Gasteiger partial charge in [0.05, 0.1) is 12.1 Å². The van der Waals surface area contributed by atoms with Crippen LogP contribution in [0, 0.1) is 16.7 Å². The van der Waals surface area contributed by atoms with Gasteiger partial charge in [-0.05, 0) is 18.4 Å². The standard InChI is InChI=1S/C18H19ClN2O2/c1-2-17-9-8-15(18(19,11-17)12-20)21(13-17)16(22)23-10-14-6-4-3-5-7-14/h3-9,15H,2,10-11,13H2,1H3. The lowest BCUT2D eigenvalue weighted by Crippen LogP contribution is -2.63. The monoisotopic (exact) mass is 330 g/mol. The van der Waals surface area contributed by atoms with Gasteiger partial charge in [0, 0.05) is 12.0 Å². The molecule has 0 saturated carbocycles. The number of ether oxygens (including phenoxy) is 1. The number of hydrogen-bond acceptors (Lipinski definition) is 3. The molecule has 5 heteroatoms. The number of hydrogen-bond donors (Lipinski definition) is 0. The van der Waals surface area contributed by atoms with Crippen LogP contribution in [0.25, 0.3) is 0 Å². The molecule has 1 saturated heterocycles. The van der Waals surface area contributed by atoms with E-state index in [1.54, 1.807) is 4.90 Å². The van der Waals surface area contributed by atoms with E-state index in [9.17, 15) is 10.1 Å². The van der Waals surface area contributed by atoms with Crippen LogP contribution in [0.15, 0.2) is 42.5 Å². The molecule has 1 aromatic carbocycles. The highest BCUT2D eigenvalue weighted by Crippen LogP contribution is 2.50. The molecular weight excluding hydrogens is 312 g/mol. The summed E-state index contributed by atoms with van der Waals surface area (Å²) in [5, 5.41) is 9.50.